The van der Waals surface area contributed by atoms with Gasteiger partial charge in [-0.3, -0.25) is 9.48 Å². The molecule has 1 heterocycles. The van der Waals surface area contributed by atoms with Crippen LogP contribution in [0.25, 0.3) is 0 Å². The molecule has 19 heavy (non-hydrogen) atoms. The van der Waals surface area contributed by atoms with E-state index in [4.69, 9.17) is 0 Å². The molecule has 0 radical (unpaired) electrons. The average molecular weight is 257 g/mol. The fourth-order valence-corrected chi connectivity index (χ4v) is 1.91. The molecule has 0 spiro atoms. The quantitative estimate of drug-likeness (QED) is 0.809. The number of aromatic nitrogens is 2. The number of hydrogen-bond acceptors (Lipinski definition) is 3. The first-order valence-corrected chi connectivity index (χ1v) is 6.54. The van der Waals surface area contributed by atoms with Crippen LogP contribution < -0.4 is 5.32 Å². The number of nitrogens with zero attached hydrogens (tertiary/aromatic N) is 2. The maximum atomic E-state index is 11.7. The Morgan fingerprint density at radius 1 is 1.26 bits per heavy atom. The number of rotatable bonds is 6. The van der Waals surface area contributed by atoms with Crippen LogP contribution in [0.1, 0.15) is 35.8 Å². The number of aryl methyl sites for hydroxylation is 1. The largest absolute Gasteiger partial charge is 0.379 e. The Balaban J connectivity index is 1.95. The molecule has 0 bridgehead atoms. The van der Waals surface area contributed by atoms with Crippen LogP contribution in [0.2, 0.25) is 0 Å². The van der Waals surface area contributed by atoms with E-state index in [-0.39, 0.29) is 5.78 Å². The lowest BCUT2D eigenvalue weighted by molar-refractivity contribution is 0.0982. The SMILES string of the molecule is CCCC(=O)c1ccc(NCc2ccnn2C)cc1. The van der Waals surface area contributed by atoms with Crippen molar-refractivity contribution in [1.82, 2.24) is 9.78 Å². The van der Waals surface area contributed by atoms with Gasteiger partial charge in [0.2, 0.25) is 0 Å². The highest BCUT2D eigenvalue weighted by molar-refractivity contribution is 5.96. The summed E-state index contributed by atoms with van der Waals surface area (Å²) < 4.78 is 1.84. The normalized spacial score (nSPS) is 10.4. The zero-order valence-electron chi connectivity index (χ0n) is 11.4. The zero-order valence-corrected chi connectivity index (χ0v) is 11.4. The summed E-state index contributed by atoms with van der Waals surface area (Å²) in [7, 11) is 1.92. The Morgan fingerprint density at radius 2 is 2.00 bits per heavy atom. The summed E-state index contributed by atoms with van der Waals surface area (Å²) in [5, 5.41) is 7.43. The Kier molecular flexibility index (Phi) is 4.34. The first-order chi connectivity index (χ1) is 9.20. The smallest absolute Gasteiger partial charge is 0.162 e. The minimum Gasteiger partial charge on any atom is -0.379 e. The van der Waals surface area contributed by atoms with E-state index in [1.54, 1.807) is 6.20 Å². The Hall–Kier alpha value is -2.10. The number of ketones is 1. The van der Waals surface area contributed by atoms with Crippen LogP contribution in [-0.4, -0.2) is 15.6 Å². The lowest BCUT2D eigenvalue weighted by Crippen LogP contribution is -2.05. The highest BCUT2D eigenvalue weighted by atomic mass is 16.1. The molecule has 0 aliphatic heterocycles. The molecule has 4 heteroatoms. The standard InChI is InChI=1S/C15H19N3O/c1-3-4-15(19)12-5-7-13(8-6-12)16-11-14-9-10-17-18(14)2/h5-10,16H,3-4,11H2,1-2H3. The maximum Gasteiger partial charge on any atom is 0.162 e. The van der Waals surface area contributed by atoms with Gasteiger partial charge < -0.3 is 5.32 Å². The number of Topliss-reactive ketones (excluding diaryl/α,β-unsaturated/α-hetero) is 1. The summed E-state index contributed by atoms with van der Waals surface area (Å²) in [4.78, 5) is 11.7. The van der Waals surface area contributed by atoms with Crippen molar-refractivity contribution in [3.63, 3.8) is 0 Å². The van der Waals surface area contributed by atoms with Crippen LogP contribution in [0, 0.1) is 0 Å². The van der Waals surface area contributed by atoms with Crippen molar-refractivity contribution in [3.8, 4) is 0 Å². The molecule has 0 aliphatic carbocycles. The second kappa shape index (κ2) is 6.18. The lowest BCUT2D eigenvalue weighted by Gasteiger charge is -2.07. The van der Waals surface area contributed by atoms with Gasteiger partial charge in [0.25, 0.3) is 0 Å². The van der Waals surface area contributed by atoms with Gasteiger partial charge in [0, 0.05) is 30.9 Å². The Bertz CT molecular complexity index is 543. The van der Waals surface area contributed by atoms with Crippen molar-refractivity contribution < 1.29 is 4.79 Å². The topological polar surface area (TPSA) is 46.9 Å². The summed E-state index contributed by atoms with van der Waals surface area (Å²) in [5.74, 6) is 0.209. The molecular weight excluding hydrogens is 238 g/mol. The van der Waals surface area contributed by atoms with Gasteiger partial charge in [-0.1, -0.05) is 6.92 Å². The monoisotopic (exact) mass is 257 g/mol. The van der Waals surface area contributed by atoms with Crippen LogP contribution in [0.3, 0.4) is 0 Å². The van der Waals surface area contributed by atoms with E-state index in [9.17, 15) is 4.79 Å². The minimum absolute atomic E-state index is 0.209. The molecular formula is C15H19N3O. The van der Waals surface area contributed by atoms with Gasteiger partial charge >= 0.3 is 0 Å². The second-order valence-electron chi connectivity index (χ2n) is 4.55. The fourth-order valence-electron chi connectivity index (χ4n) is 1.91. The number of carbonyl (C=O) groups is 1. The molecule has 1 aromatic heterocycles. The van der Waals surface area contributed by atoms with E-state index in [2.05, 4.69) is 10.4 Å². The van der Waals surface area contributed by atoms with Crippen molar-refractivity contribution in [2.24, 2.45) is 7.05 Å². The first-order valence-electron chi connectivity index (χ1n) is 6.54. The molecule has 1 aromatic carbocycles. The van der Waals surface area contributed by atoms with Gasteiger partial charge in [-0.25, -0.2) is 0 Å². The zero-order chi connectivity index (χ0) is 13.7. The van der Waals surface area contributed by atoms with E-state index in [1.165, 1.54) is 0 Å². The first kappa shape index (κ1) is 13.3. The molecule has 2 rings (SSSR count). The summed E-state index contributed by atoms with van der Waals surface area (Å²) >= 11 is 0. The van der Waals surface area contributed by atoms with E-state index in [0.717, 1.165) is 29.9 Å². The molecule has 0 amide bonds. The number of benzene rings is 1. The van der Waals surface area contributed by atoms with Gasteiger partial charge in [-0.05, 0) is 36.8 Å². The number of hydrogen-bond donors (Lipinski definition) is 1. The summed E-state index contributed by atoms with van der Waals surface area (Å²) in [6.45, 7) is 2.74. The third-order valence-electron chi connectivity index (χ3n) is 3.08. The van der Waals surface area contributed by atoms with Crippen molar-refractivity contribution in [2.45, 2.75) is 26.3 Å². The number of anilines is 1. The lowest BCUT2D eigenvalue weighted by atomic mass is 10.1. The number of carbonyl (C=O) groups excluding carboxylic acids is 1. The molecule has 4 nitrogen and oxygen atoms in total. The summed E-state index contributed by atoms with van der Waals surface area (Å²) in [6.07, 6.45) is 3.28. The number of nitrogens with one attached hydrogen (secondary N) is 1. The molecule has 0 fully saturated rings. The van der Waals surface area contributed by atoms with Crippen LogP contribution >= 0.6 is 0 Å². The van der Waals surface area contributed by atoms with Gasteiger partial charge in [0.15, 0.2) is 5.78 Å². The molecule has 1 N–H and O–H groups in total. The summed E-state index contributed by atoms with van der Waals surface area (Å²) in [6, 6.07) is 9.62. The molecule has 0 atom stereocenters. The van der Waals surface area contributed by atoms with E-state index in [0.29, 0.717) is 6.42 Å². The van der Waals surface area contributed by atoms with Gasteiger partial charge in [-0.2, -0.15) is 5.10 Å². The predicted molar refractivity (Wildman–Crippen MR) is 76.2 cm³/mol. The van der Waals surface area contributed by atoms with E-state index < -0.39 is 0 Å². The van der Waals surface area contributed by atoms with Crippen molar-refractivity contribution in [2.75, 3.05) is 5.32 Å². The maximum absolute atomic E-state index is 11.7. The molecule has 0 unspecified atom stereocenters. The van der Waals surface area contributed by atoms with Crippen LogP contribution in [0.5, 0.6) is 0 Å². The van der Waals surface area contributed by atoms with Crippen molar-refractivity contribution in [3.05, 3.63) is 47.8 Å². The van der Waals surface area contributed by atoms with E-state index >= 15 is 0 Å². The van der Waals surface area contributed by atoms with Crippen molar-refractivity contribution in [1.29, 1.82) is 0 Å². The third-order valence-corrected chi connectivity index (χ3v) is 3.08. The highest BCUT2D eigenvalue weighted by Crippen LogP contribution is 2.13. The van der Waals surface area contributed by atoms with Gasteiger partial charge in [-0.15, -0.1) is 0 Å². The van der Waals surface area contributed by atoms with Crippen LogP contribution in [0.15, 0.2) is 36.5 Å². The fraction of sp³-hybridized carbons (Fsp3) is 0.333. The predicted octanol–water partition coefficient (Wildman–Crippen LogP) is 3.02. The molecule has 0 saturated heterocycles. The molecule has 0 aliphatic rings. The van der Waals surface area contributed by atoms with Crippen LogP contribution in [-0.2, 0) is 13.6 Å². The Labute approximate surface area is 113 Å². The van der Waals surface area contributed by atoms with Gasteiger partial charge in [0.1, 0.15) is 0 Å². The highest BCUT2D eigenvalue weighted by Gasteiger charge is 2.04. The summed E-state index contributed by atoms with van der Waals surface area (Å²) in [5.41, 5.74) is 2.91. The third kappa shape index (κ3) is 3.44. The van der Waals surface area contributed by atoms with Gasteiger partial charge in [0.05, 0.1) is 12.2 Å². The molecule has 2 aromatic rings. The Morgan fingerprint density at radius 3 is 2.58 bits per heavy atom. The van der Waals surface area contributed by atoms with Crippen LogP contribution in [0.4, 0.5) is 5.69 Å². The second-order valence-corrected chi connectivity index (χ2v) is 4.55. The van der Waals surface area contributed by atoms with Crippen molar-refractivity contribution >= 4 is 11.5 Å². The average Bonchev–Trinajstić information content (AvgIpc) is 2.83. The minimum atomic E-state index is 0.209. The molecule has 100 valence electrons. The van der Waals surface area contributed by atoms with E-state index in [1.807, 2.05) is 49.0 Å². The molecule has 0 saturated carbocycles.